The highest BCUT2D eigenvalue weighted by Crippen LogP contribution is 2.45. The van der Waals surface area contributed by atoms with E-state index in [9.17, 15) is 43.2 Å². The molecule has 17 nitrogen and oxygen atoms in total. The number of esters is 4. The van der Waals surface area contributed by atoms with Gasteiger partial charge < -0.3 is 33.8 Å². The normalized spacial score (nSPS) is 14.6. The Labute approximate surface area is 569 Å². The summed E-state index contributed by atoms with van der Waals surface area (Å²) in [6.45, 7) is 4.54. The number of ether oxygens (including phenoxy) is 4. The SMILES string of the molecule is CC/C=C\C/C=C\C/C=C\C/C=C\C/C=C\CC(=O)OCC(COP(=O)(O)OCC(O)COP(=O)(O)OCC(COC(=O)CCCCCCC/C=C\C/C=C\CCC)OC(=O)CCCCCCC/C=C\CCCCCC)OC(=O)CCCCCCCCCCCCCCC. The van der Waals surface area contributed by atoms with Gasteiger partial charge in [0.15, 0.2) is 12.2 Å². The average Bonchev–Trinajstić information content (AvgIpc) is 1.67. The standard InChI is InChI=1S/C75H130O17P2/c1-5-9-13-17-21-25-29-33-34-38-40-44-48-52-56-60-73(78)86-66-71(92-75(80)62-58-54-50-46-42-37-32-28-24-20-16-12-8-4)68-90-94(83,84)88-64-69(76)63-87-93(81,82)89-67-70(91-74(79)61-57-53-49-45-41-36-31-27-23-19-15-11-7-3)65-85-72(77)59-55-51-47-43-39-35-30-26-22-18-14-10-6-2/h9,13-14,18,21,25-27,30-31,33-34,40,44,52,56,69-71,76H,5-8,10-12,15-17,19-20,22-24,28-29,32,35-39,41-43,45-51,53-55,57-68H2,1-4H3,(H,81,82)(H,83,84)/b13-9-,18-14-,25-21-,30-26-,31-27-,34-33-,44-40-,56-52-. The third kappa shape index (κ3) is 66.6. The summed E-state index contributed by atoms with van der Waals surface area (Å²) in [5.41, 5.74) is 0. The molecule has 5 atom stereocenters. The monoisotopic (exact) mass is 1360 g/mol. The van der Waals surface area contributed by atoms with Gasteiger partial charge in [-0.3, -0.25) is 37.3 Å². The second-order valence-electron chi connectivity index (χ2n) is 24.2. The second kappa shape index (κ2) is 67.5. The smallest absolute Gasteiger partial charge is 0.462 e. The minimum Gasteiger partial charge on any atom is -0.462 e. The molecule has 0 spiro atoms. The molecule has 0 aliphatic carbocycles. The lowest BCUT2D eigenvalue weighted by Gasteiger charge is -2.21. The molecule has 0 radical (unpaired) electrons. The Bertz CT molecular complexity index is 2170. The number of carbonyl (C=O) groups excluding carboxylic acids is 4. The summed E-state index contributed by atoms with van der Waals surface area (Å²) in [6, 6.07) is 0. The molecular formula is C75H130O17P2. The van der Waals surface area contributed by atoms with Gasteiger partial charge in [0, 0.05) is 19.3 Å². The number of phosphoric acid groups is 2. The largest absolute Gasteiger partial charge is 0.472 e. The molecule has 19 heteroatoms. The van der Waals surface area contributed by atoms with Crippen molar-refractivity contribution in [1.29, 1.82) is 0 Å². The first-order valence-electron chi connectivity index (χ1n) is 36.5. The Morgan fingerprint density at radius 2 is 0.617 bits per heavy atom. The quantitative estimate of drug-likeness (QED) is 0.0169. The van der Waals surface area contributed by atoms with E-state index in [0.717, 1.165) is 141 Å². The Balaban J connectivity index is 5.40. The number of rotatable bonds is 68. The lowest BCUT2D eigenvalue weighted by molar-refractivity contribution is -0.161. The van der Waals surface area contributed by atoms with Gasteiger partial charge in [0.1, 0.15) is 19.3 Å². The number of unbranched alkanes of at least 4 members (excludes halogenated alkanes) is 27. The van der Waals surface area contributed by atoms with Gasteiger partial charge in [0.25, 0.3) is 0 Å². The van der Waals surface area contributed by atoms with Crippen molar-refractivity contribution in [3.63, 3.8) is 0 Å². The van der Waals surface area contributed by atoms with E-state index < -0.39 is 97.5 Å². The molecule has 0 saturated heterocycles. The van der Waals surface area contributed by atoms with Gasteiger partial charge in [-0.1, -0.05) is 266 Å². The molecule has 0 bridgehead atoms. The van der Waals surface area contributed by atoms with Crippen molar-refractivity contribution in [2.24, 2.45) is 0 Å². The molecule has 0 fully saturated rings. The molecule has 0 heterocycles. The summed E-state index contributed by atoms with van der Waals surface area (Å²) in [6.07, 6.45) is 68.7. The highest BCUT2D eigenvalue weighted by Gasteiger charge is 2.30. The molecule has 5 unspecified atom stereocenters. The molecule has 0 aliphatic rings. The lowest BCUT2D eigenvalue weighted by atomic mass is 10.0. The van der Waals surface area contributed by atoms with E-state index in [1.54, 1.807) is 6.08 Å². The van der Waals surface area contributed by atoms with Gasteiger partial charge in [-0.25, -0.2) is 9.13 Å². The van der Waals surface area contributed by atoms with E-state index in [-0.39, 0.29) is 25.7 Å². The van der Waals surface area contributed by atoms with E-state index in [1.807, 2.05) is 18.2 Å². The van der Waals surface area contributed by atoms with Crippen LogP contribution in [0.25, 0.3) is 0 Å². The maximum absolute atomic E-state index is 13.0. The Morgan fingerprint density at radius 1 is 0.319 bits per heavy atom. The van der Waals surface area contributed by atoms with Crippen LogP contribution in [0, 0.1) is 0 Å². The molecule has 0 aromatic carbocycles. The maximum Gasteiger partial charge on any atom is 0.472 e. The molecule has 0 rings (SSSR count). The minimum atomic E-state index is -4.99. The molecular weight excluding hydrogens is 1230 g/mol. The number of allylic oxidation sites excluding steroid dienone is 15. The van der Waals surface area contributed by atoms with Gasteiger partial charge in [-0.2, -0.15) is 0 Å². The van der Waals surface area contributed by atoms with E-state index in [2.05, 4.69) is 101 Å². The van der Waals surface area contributed by atoms with Crippen molar-refractivity contribution in [3.8, 4) is 0 Å². The van der Waals surface area contributed by atoms with Crippen molar-refractivity contribution >= 4 is 39.5 Å². The topological polar surface area (TPSA) is 237 Å². The predicted octanol–water partition coefficient (Wildman–Crippen LogP) is 20.4. The molecule has 0 aromatic heterocycles. The van der Waals surface area contributed by atoms with Crippen molar-refractivity contribution in [2.75, 3.05) is 39.6 Å². The van der Waals surface area contributed by atoms with Crippen molar-refractivity contribution < 1.29 is 80.2 Å². The van der Waals surface area contributed by atoms with Gasteiger partial charge in [-0.05, 0) is 103 Å². The van der Waals surface area contributed by atoms with Crippen LogP contribution < -0.4 is 0 Å². The van der Waals surface area contributed by atoms with Crippen molar-refractivity contribution in [3.05, 3.63) is 97.2 Å². The van der Waals surface area contributed by atoms with Crippen molar-refractivity contribution in [1.82, 2.24) is 0 Å². The summed E-state index contributed by atoms with van der Waals surface area (Å²) in [4.78, 5) is 72.6. The van der Waals surface area contributed by atoms with Crippen LogP contribution in [0.2, 0.25) is 0 Å². The third-order valence-corrected chi connectivity index (χ3v) is 16.9. The highest BCUT2D eigenvalue weighted by atomic mass is 31.2. The number of hydrogen-bond acceptors (Lipinski definition) is 15. The zero-order chi connectivity index (χ0) is 69.0. The fourth-order valence-electron chi connectivity index (χ4n) is 9.50. The third-order valence-electron chi connectivity index (χ3n) is 15.0. The van der Waals surface area contributed by atoms with Gasteiger partial charge >= 0.3 is 39.5 Å². The van der Waals surface area contributed by atoms with Crippen molar-refractivity contribution in [2.45, 2.75) is 316 Å². The fourth-order valence-corrected chi connectivity index (χ4v) is 11.1. The first-order valence-corrected chi connectivity index (χ1v) is 39.5. The van der Waals surface area contributed by atoms with Crippen LogP contribution in [0.4, 0.5) is 0 Å². The lowest BCUT2D eigenvalue weighted by Crippen LogP contribution is -2.30. The summed E-state index contributed by atoms with van der Waals surface area (Å²) < 4.78 is 68.2. The van der Waals surface area contributed by atoms with Crippen LogP contribution in [0.15, 0.2) is 97.2 Å². The number of aliphatic hydroxyl groups excluding tert-OH is 1. The summed E-state index contributed by atoms with van der Waals surface area (Å²) in [7, 11) is -9.96. The Kier molecular flexibility index (Phi) is 64.7. The van der Waals surface area contributed by atoms with Crippen LogP contribution in [-0.2, 0) is 65.4 Å². The van der Waals surface area contributed by atoms with Crippen LogP contribution >= 0.6 is 15.6 Å². The first-order chi connectivity index (χ1) is 45.7. The average molecular weight is 1370 g/mol. The molecule has 0 saturated carbocycles. The molecule has 94 heavy (non-hydrogen) atoms. The molecule has 0 aromatic rings. The highest BCUT2D eigenvalue weighted by molar-refractivity contribution is 7.47. The van der Waals surface area contributed by atoms with E-state index in [0.29, 0.717) is 25.7 Å². The van der Waals surface area contributed by atoms with Crippen LogP contribution in [-0.4, -0.2) is 96.7 Å². The zero-order valence-electron chi connectivity index (χ0n) is 58.9. The molecule has 0 amide bonds. The Hall–Kier alpha value is -4.02. The molecule has 0 aliphatic heterocycles. The number of phosphoric ester groups is 2. The number of aliphatic hydroxyl groups is 1. The van der Waals surface area contributed by atoms with E-state index >= 15 is 0 Å². The fraction of sp³-hybridized carbons (Fsp3) is 0.733. The maximum atomic E-state index is 13.0. The Morgan fingerprint density at radius 3 is 1.01 bits per heavy atom. The minimum absolute atomic E-state index is 0.0691. The number of carbonyl (C=O) groups is 4. The van der Waals surface area contributed by atoms with Gasteiger partial charge in [-0.15, -0.1) is 0 Å². The van der Waals surface area contributed by atoms with Gasteiger partial charge in [0.05, 0.1) is 32.8 Å². The van der Waals surface area contributed by atoms with Crippen LogP contribution in [0.3, 0.4) is 0 Å². The zero-order valence-corrected chi connectivity index (χ0v) is 60.7. The predicted molar refractivity (Wildman–Crippen MR) is 381 cm³/mol. The number of hydrogen-bond donors (Lipinski definition) is 3. The molecule has 542 valence electrons. The van der Waals surface area contributed by atoms with Crippen LogP contribution in [0.1, 0.15) is 297 Å². The molecule has 3 N–H and O–H groups in total. The van der Waals surface area contributed by atoms with E-state index in [4.69, 9.17) is 37.0 Å². The van der Waals surface area contributed by atoms with Gasteiger partial charge in [0.2, 0.25) is 0 Å². The summed E-state index contributed by atoms with van der Waals surface area (Å²) in [5.74, 6) is -2.34. The summed E-state index contributed by atoms with van der Waals surface area (Å²) in [5, 5.41) is 10.6. The van der Waals surface area contributed by atoms with E-state index in [1.165, 1.54) is 77.0 Å². The first kappa shape index (κ1) is 90.0. The second-order valence-corrected chi connectivity index (χ2v) is 27.1. The van der Waals surface area contributed by atoms with Crippen LogP contribution in [0.5, 0.6) is 0 Å². The summed E-state index contributed by atoms with van der Waals surface area (Å²) >= 11 is 0.